The lowest BCUT2D eigenvalue weighted by atomic mass is 10.1. The minimum Gasteiger partial charge on any atom is -0.343 e. The van der Waals surface area contributed by atoms with Crippen LogP contribution >= 0.6 is 0 Å². The van der Waals surface area contributed by atoms with Crippen LogP contribution in [0.25, 0.3) is 10.9 Å². The highest BCUT2D eigenvalue weighted by Crippen LogP contribution is 2.24. The Labute approximate surface area is 124 Å². The summed E-state index contributed by atoms with van der Waals surface area (Å²) in [6.07, 6.45) is 2.85. The van der Waals surface area contributed by atoms with Crippen LogP contribution in [0.3, 0.4) is 0 Å². The Hall–Kier alpha value is -2.13. The molecule has 0 amide bonds. The van der Waals surface area contributed by atoms with Crippen LogP contribution in [0.5, 0.6) is 0 Å². The molecule has 2 aromatic carbocycles. The normalized spacial score (nSPS) is 12.7. The Balaban J connectivity index is 2.06. The second-order valence-electron chi connectivity index (χ2n) is 5.61. The number of benzene rings is 2. The number of fused-ring (bicyclic) bond motifs is 1. The summed E-state index contributed by atoms with van der Waals surface area (Å²) in [5.41, 5.74) is 9.30. The average Bonchev–Trinajstić information content (AvgIpc) is 2.77. The van der Waals surface area contributed by atoms with Gasteiger partial charge in [-0.15, -0.1) is 0 Å². The molecule has 0 fully saturated rings. The van der Waals surface area contributed by atoms with Crippen molar-refractivity contribution in [2.24, 2.45) is 5.73 Å². The lowest BCUT2D eigenvalue weighted by Crippen LogP contribution is -2.17. The van der Waals surface area contributed by atoms with Crippen LogP contribution in [-0.4, -0.2) is 10.6 Å². The first-order valence-corrected chi connectivity index (χ1v) is 7.20. The fourth-order valence-electron chi connectivity index (χ4n) is 2.76. The van der Waals surface area contributed by atoms with Crippen molar-refractivity contribution in [2.45, 2.75) is 25.9 Å². The van der Waals surface area contributed by atoms with Gasteiger partial charge in [0.25, 0.3) is 0 Å². The number of rotatable bonds is 4. The van der Waals surface area contributed by atoms with Gasteiger partial charge in [0.05, 0.1) is 0 Å². The highest BCUT2D eigenvalue weighted by Gasteiger charge is 2.11. The summed E-state index contributed by atoms with van der Waals surface area (Å²) < 4.78 is 15.7. The molecule has 21 heavy (non-hydrogen) atoms. The predicted molar refractivity (Wildman–Crippen MR) is 84.8 cm³/mol. The van der Waals surface area contributed by atoms with Crippen molar-refractivity contribution in [3.05, 3.63) is 71.7 Å². The second-order valence-corrected chi connectivity index (χ2v) is 5.61. The minimum atomic E-state index is -0.203. The Morgan fingerprint density at radius 3 is 2.62 bits per heavy atom. The van der Waals surface area contributed by atoms with E-state index in [1.807, 2.05) is 31.2 Å². The van der Waals surface area contributed by atoms with E-state index in [0.29, 0.717) is 0 Å². The van der Waals surface area contributed by atoms with Crippen LogP contribution in [-0.2, 0) is 13.0 Å². The molecule has 0 saturated heterocycles. The first-order valence-electron chi connectivity index (χ1n) is 7.20. The van der Waals surface area contributed by atoms with Crippen molar-refractivity contribution in [1.29, 1.82) is 0 Å². The Morgan fingerprint density at radius 2 is 1.90 bits per heavy atom. The lowest BCUT2D eigenvalue weighted by Gasteiger charge is -2.05. The van der Waals surface area contributed by atoms with Gasteiger partial charge in [0, 0.05) is 29.7 Å². The van der Waals surface area contributed by atoms with Gasteiger partial charge < -0.3 is 10.3 Å². The van der Waals surface area contributed by atoms with Gasteiger partial charge in [0.2, 0.25) is 0 Å². The molecule has 2 N–H and O–H groups in total. The first-order chi connectivity index (χ1) is 10.1. The predicted octanol–water partition coefficient (Wildman–Crippen LogP) is 3.72. The van der Waals surface area contributed by atoms with E-state index < -0.39 is 0 Å². The fourth-order valence-corrected chi connectivity index (χ4v) is 2.76. The van der Waals surface area contributed by atoms with Crippen molar-refractivity contribution in [3.63, 3.8) is 0 Å². The zero-order valence-corrected chi connectivity index (χ0v) is 12.1. The molecule has 3 heteroatoms. The van der Waals surface area contributed by atoms with Crippen LogP contribution < -0.4 is 5.73 Å². The van der Waals surface area contributed by atoms with Gasteiger partial charge in [0.15, 0.2) is 0 Å². The fraction of sp³-hybridized carbons (Fsp3) is 0.222. The van der Waals surface area contributed by atoms with Gasteiger partial charge in [-0.3, -0.25) is 0 Å². The highest BCUT2D eigenvalue weighted by atomic mass is 19.1. The van der Waals surface area contributed by atoms with Crippen LogP contribution in [0.15, 0.2) is 54.7 Å². The van der Waals surface area contributed by atoms with Crippen molar-refractivity contribution in [1.82, 2.24) is 4.57 Å². The number of hydrogen-bond donors (Lipinski definition) is 1. The molecule has 1 aromatic heterocycles. The van der Waals surface area contributed by atoms with Gasteiger partial charge in [-0.25, -0.2) is 4.39 Å². The molecule has 3 aromatic rings. The van der Waals surface area contributed by atoms with E-state index in [1.165, 1.54) is 11.6 Å². The minimum absolute atomic E-state index is 0.0593. The Morgan fingerprint density at radius 1 is 1.14 bits per heavy atom. The molecule has 0 spiro atoms. The third-order valence-electron chi connectivity index (χ3n) is 3.66. The quantitative estimate of drug-likeness (QED) is 0.777. The van der Waals surface area contributed by atoms with Gasteiger partial charge >= 0.3 is 0 Å². The molecule has 0 aliphatic carbocycles. The van der Waals surface area contributed by atoms with E-state index in [9.17, 15) is 4.39 Å². The van der Waals surface area contributed by atoms with E-state index in [-0.39, 0.29) is 11.9 Å². The number of aromatic nitrogens is 1. The maximum absolute atomic E-state index is 13.5. The smallest absolute Gasteiger partial charge is 0.123 e. The van der Waals surface area contributed by atoms with Crippen molar-refractivity contribution < 1.29 is 4.39 Å². The zero-order chi connectivity index (χ0) is 14.8. The van der Waals surface area contributed by atoms with Crippen molar-refractivity contribution in [2.75, 3.05) is 0 Å². The lowest BCUT2D eigenvalue weighted by molar-refractivity contribution is 0.629. The summed E-state index contributed by atoms with van der Waals surface area (Å²) in [7, 11) is 0. The average molecular weight is 282 g/mol. The van der Waals surface area contributed by atoms with Gasteiger partial charge in [-0.1, -0.05) is 30.3 Å². The molecule has 0 saturated carbocycles. The number of halogens is 1. The third-order valence-corrected chi connectivity index (χ3v) is 3.66. The van der Waals surface area contributed by atoms with Crippen molar-refractivity contribution in [3.8, 4) is 0 Å². The molecule has 1 heterocycles. The van der Waals surface area contributed by atoms with E-state index in [0.717, 1.165) is 29.4 Å². The molecule has 0 aliphatic rings. The topological polar surface area (TPSA) is 30.9 Å². The van der Waals surface area contributed by atoms with E-state index in [2.05, 4.69) is 22.9 Å². The molecule has 3 rings (SSSR count). The van der Waals surface area contributed by atoms with Crippen LogP contribution in [0.2, 0.25) is 0 Å². The van der Waals surface area contributed by atoms with Crippen molar-refractivity contribution >= 4 is 10.9 Å². The molecule has 2 nitrogen and oxygen atoms in total. The van der Waals surface area contributed by atoms with Gasteiger partial charge in [-0.2, -0.15) is 0 Å². The summed E-state index contributed by atoms with van der Waals surface area (Å²) in [6.45, 7) is 2.75. The summed E-state index contributed by atoms with van der Waals surface area (Å²) in [4.78, 5) is 0. The monoisotopic (exact) mass is 282 g/mol. The summed E-state index contributed by atoms with van der Waals surface area (Å²) in [6, 6.07) is 15.3. The molecule has 0 bridgehead atoms. The zero-order valence-electron chi connectivity index (χ0n) is 12.1. The number of nitrogens with zero attached hydrogens (tertiary/aromatic N) is 1. The van der Waals surface area contributed by atoms with E-state index in [1.54, 1.807) is 6.07 Å². The molecular formula is C18H19FN2. The molecule has 0 aliphatic heterocycles. The summed E-state index contributed by atoms with van der Waals surface area (Å²) >= 11 is 0. The molecule has 0 unspecified atom stereocenters. The Bertz CT molecular complexity index is 745. The van der Waals surface area contributed by atoms with Crippen LogP contribution in [0.1, 0.15) is 18.1 Å². The third kappa shape index (κ3) is 2.98. The van der Waals surface area contributed by atoms with Gasteiger partial charge in [0.1, 0.15) is 5.82 Å². The molecule has 108 valence electrons. The van der Waals surface area contributed by atoms with E-state index in [4.69, 9.17) is 5.73 Å². The molecule has 1 atom stereocenters. The SMILES string of the molecule is C[C@H](N)Cc1cn(Cc2ccccc2)c2ccc(F)cc12. The Kier molecular flexibility index (Phi) is 3.76. The highest BCUT2D eigenvalue weighted by molar-refractivity contribution is 5.84. The summed E-state index contributed by atoms with van der Waals surface area (Å²) in [5.74, 6) is -0.203. The maximum Gasteiger partial charge on any atom is 0.123 e. The van der Waals surface area contributed by atoms with Gasteiger partial charge in [-0.05, 0) is 42.7 Å². The number of nitrogens with two attached hydrogens (primary N) is 1. The molecular weight excluding hydrogens is 263 g/mol. The maximum atomic E-state index is 13.5. The second kappa shape index (κ2) is 5.70. The summed E-state index contributed by atoms with van der Waals surface area (Å²) in [5, 5.41) is 0.961. The van der Waals surface area contributed by atoms with Crippen LogP contribution in [0.4, 0.5) is 4.39 Å². The first kappa shape index (κ1) is 13.8. The standard InChI is InChI=1S/C18H19FN2/c1-13(20)9-15-12-21(11-14-5-3-2-4-6-14)18-8-7-16(19)10-17(15)18/h2-8,10,12-13H,9,11,20H2,1H3/t13-/m0/s1. The van der Waals surface area contributed by atoms with E-state index >= 15 is 0 Å². The largest absolute Gasteiger partial charge is 0.343 e. The molecule has 0 radical (unpaired) electrons. The number of hydrogen-bond acceptors (Lipinski definition) is 1. The van der Waals surface area contributed by atoms with Crippen LogP contribution in [0, 0.1) is 5.82 Å².